The molecule has 0 aliphatic carbocycles. The van der Waals surface area contributed by atoms with Gasteiger partial charge >= 0.3 is 0 Å². The van der Waals surface area contributed by atoms with E-state index >= 15 is 0 Å². The van der Waals surface area contributed by atoms with Crippen LogP contribution in [0.5, 0.6) is 0 Å². The van der Waals surface area contributed by atoms with Gasteiger partial charge in [0.1, 0.15) is 6.07 Å². The van der Waals surface area contributed by atoms with Crippen LogP contribution >= 0.6 is 11.6 Å². The minimum Gasteiger partial charge on any atom is -0.313 e. The quantitative estimate of drug-likeness (QED) is 0.853. The number of nitrogens with one attached hydrogen (secondary N) is 1. The number of hydrogen-bond acceptors (Lipinski definition) is 3. The van der Waals surface area contributed by atoms with Gasteiger partial charge in [-0.05, 0) is 30.7 Å². The number of hydrogen-bond donors (Lipinski definition) is 1. The average Bonchev–Trinajstić information content (AvgIpc) is 2.87. The zero-order valence-electron chi connectivity index (χ0n) is 10.7. The van der Waals surface area contributed by atoms with Crippen molar-refractivity contribution in [2.75, 3.05) is 6.54 Å². The lowest BCUT2D eigenvalue weighted by molar-refractivity contribution is 0.675. The number of nitrogens with zero attached hydrogens (tertiary/aromatic N) is 3. The largest absolute Gasteiger partial charge is 0.313 e. The average molecular weight is 275 g/mol. The van der Waals surface area contributed by atoms with Crippen molar-refractivity contribution in [1.82, 2.24) is 14.9 Å². The molecule has 0 radical (unpaired) electrons. The fourth-order valence-corrected chi connectivity index (χ4v) is 2.14. The van der Waals surface area contributed by atoms with Gasteiger partial charge in [0.15, 0.2) is 0 Å². The van der Waals surface area contributed by atoms with Gasteiger partial charge < -0.3 is 5.32 Å². The molecule has 0 unspecified atom stereocenters. The van der Waals surface area contributed by atoms with Crippen molar-refractivity contribution in [3.8, 4) is 11.8 Å². The second-order valence-corrected chi connectivity index (χ2v) is 4.60. The predicted molar refractivity (Wildman–Crippen MR) is 75.3 cm³/mol. The topological polar surface area (TPSA) is 53.6 Å². The summed E-state index contributed by atoms with van der Waals surface area (Å²) >= 11 is 6.28. The van der Waals surface area contributed by atoms with E-state index in [0.717, 1.165) is 30.8 Å². The smallest absolute Gasteiger partial charge is 0.217 e. The third-order valence-corrected chi connectivity index (χ3v) is 3.07. The van der Waals surface area contributed by atoms with E-state index < -0.39 is 0 Å². The lowest BCUT2D eigenvalue weighted by Crippen LogP contribution is -2.13. The van der Waals surface area contributed by atoms with Crippen molar-refractivity contribution in [2.45, 2.75) is 19.9 Å². The molecule has 0 bridgehead atoms. The Labute approximate surface area is 117 Å². The van der Waals surface area contributed by atoms with Gasteiger partial charge in [-0.2, -0.15) is 5.26 Å². The summed E-state index contributed by atoms with van der Waals surface area (Å²) in [6, 6.07) is 7.87. The number of imidazole rings is 1. The molecule has 1 N–H and O–H groups in total. The molecule has 19 heavy (non-hydrogen) atoms. The molecule has 0 amide bonds. The summed E-state index contributed by atoms with van der Waals surface area (Å²) in [5.41, 5.74) is 1.90. The van der Waals surface area contributed by atoms with Crippen LogP contribution in [-0.2, 0) is 6.54 Å². The summed E-state index contributed by atoms with van der Waals surface area (Å²) < 4.78 is 1.69. The van der Waals surface area contributed by atoms with E-state index in [1.165, 1.54) is 0 Å². The molecule has 0 aliphatic rings. The molecule has 0 saturated carbocycles. The first kappa shape index (κ1) is 13.6. The lowest BCUT2D eigenvalue weighted by atomic mass is 10.2. The van der Waals surface area contributed by atoms with E-state index in [4.69, 9.17) is 16.9 Å². The van der Waals surface area contributed by atoms with Crippen LogP contribution in [-0.4, -0.2) is 16.1 Å². The van der Waals surface area contributed by atoms with Gasteiger partial charge in [0, 0.05) is 18.9 Å². The van der Waals surface area contributed by atoms with Gasteiger partial charge in [-0.1, -0.05) is 24.6 Å². The zero-order chi connectivity index (χ0) is 13.7. The molecule has 2 aromatic rings. The number of nitriles is 1. The van der Waals surface area contributed by atoms with Gasteiger partial charge in [0.2, 0.25) is 5.82 Å². The molecular weight excluding hydrogens is 260 g/mol. The van der Waals surface area contributed by atoms with Gasteiger partial charge in [0.25, 0.3) is 0 Å². The van der Waals surface area contributed by atoms with Crippen molar-refractivity contribution in [2.24, 2.45) is 0 Å². The number of benzene rings is 1. The molecular formula is C14H15ClN4. The van der Waals surface area contributed by atoms with Crippen molar-refractivity contribution in [3.05, 3.63) is 47.0 Å². The Morgan fingerprint density at radius 1 is 1.47 bits per heavy atom. The molecule has 0 fully saturated rings. The molecule has 1 aromatic carbocycles. The Hall–Kier alpha value is -1.83. The Morgan fingerprint density at radius 3 is 3.00 bits per heavy atom. The maximum absolute atomic E-state index is 8.97. The summed E-state index contributed by atoms with van der Waals surface area (Å²) in [7, 11) is 0. The number of aromatic nitrogens is 2. The maximum Gasteiger partial charge on any atom is 0.217 e. The number of rotatable bonds is 5. The molecule has 1 heterocycles. The van der Waals surface area contributed by atoms with E-state index in [0.29, 0.717) is 10.8 Å². The summed E-state index contributed by atoms with van der Waals surface area (Å²) in [5.74, 6) is 0.332. The van der Waals surface area contributed by atoms with Crippen LogP contribution < -0.4 is 5.32 Å². The SMILES string of the molecule is CCCNCc1ccc(-n2ccnc2C#N)c(Cl)c1. The summed E-state index contributed by atoms with van der Waals surface area (Å²) in [5, 5.41) is 12.9. The minimum atomic E-state index is 0.332. The molecule has 2 rings (SSSR count). The molecule has 0 aliphatic heterocycles. The molecule has 0 saturated heterocycles. The first-order valence-electron chi connectivity index (χ1n) is 6.19. The van der Waals surface area contributed by atoms with E-state index in [9.17, 15) is 0 Å². The normalized spacial score (nSPS) is 10.4. The van der Waals surface area contributed by atoms with Gasteiger partial charge in [0.05, 0.1) is 10.7 Å². The van der Waals surface area contributed by atoms with Crippen LogP contribution in [0.15, 0.2) is 30.6 Å². The highest BCUT2D eigenvalue weighted by Crippen LogP contribution is 2.23. The Balaban J connectivity index is 2.23. The third kappa shape index (κ3) is 3.14. The number of halogens is 1. The van der Waals surface area contributed by atoms with Crippen molar-refractivity contribution >= 4 is 11.6 Å². The van der Waals surface area contributed by atoms with Crippen molar-refractivity contribution in [1.29, 1.82) is 5.26 Å². The van der Waals surface area contributed by atoms with Crippen molar-refractivity contribution < 1.29 is 0 Å². The maximum atomic E-state index is 8.97. The van der Waals surface area contributed by atoms with Gasteiger partial charge in [-0.3, -0.25) is 4.57 Å². The Kier molecular flexibility index (Phi) is 4.56. The predicted octanol–water partition coefficient (Wildman–Crippen LogP) is 2.90. The summed E-state index contributed by atoms with van der Waals surface area (Å²) in [4.78, 5) is 3.97. The molecule has 0 spiro atoms. The van der Waals surface area contributed by atoms with Crippen LogP contribution in [0.1, 0.15) is 24.7 Å². The van der Waals surface area contributed by atoms with Crippen LogP contribution in [0, 0.1) is 11.3 Å². The minimum absolute atomic E-state index is 0.332. The summed E-state index contributed by atoms with van der Waals surface area (Å²) in [6.07, 6.45) is 4.42. The fraction of sp³-hybridized carbons (Fsp3) is 0.286. The highest BCUT2D eigenvalue weighted by atomic mass is 35.5. The Morgan fingerprint density at radius 2 is 2.32 bits per heavy atom. The van der Waals surface area contributed by atoms with E-state index in [2.05, 4.69) is 17.2 Å². The monoisotopic (exact) mass is 274 g/mol. The van der Waals surface area contributed by atoms with Gasteiger partial charge in [-0.25, -0.2) is 4.98 Å². The molecule has 4 nitrogen and oxygen atoms in total. The molecule has 98 valence electrons. The molecule has 1 aromatic heterocycles. The van der Waals surface area contributed by atoms with E-state index in [-0.39, 0.29) is 0 Å². The highest BCUT2D eigenvalue weighted by molar-refractivity contribution is 6.32. The first-order valence-corrected chi connectivity index (χ1v) is 6.57. The van der Waals surface area contributed by atoms with Gasteiger partial charge in [-0.15, -0.1) is 0 Å². The molecule has 0 atom stereocenters. The standard InChI is InChI=1S/C14H15ClN4/c1-2-5-17-10-11-3-4-13(12(15)8-11)19-7-6-18-14(19)9-16/h3-4,6-8,17H,2,5,10H2,1H3. The lowest BCUT2D eigenvalue weighted by Gasteiger charge is -2.09. The van der Waals surface area contributed by atoms with E-state index in [1.807, 2.05) is 24.3 Å². The van der Waals surface area contributed by atoms with Crippen LogP contribution in [0.3, 0.4) is 0 Å². The van der Waals surface area contributed by atoms with Crippen LogP contribution in [0.4, 0.5) is 0 Å². The summed E-state index contributed by atoms with van der Waals surface area (Å²) in [6.45, 7) is 3.91. The van der Waals surface area contributed by atoms with E-state index in [1.54, 1.807) is 17.0 Å². The fourth-order valence-electron chi connectivity index (χ4n) is 1.85. The van der Waals surface area contributed by atoms with Crippen molar-refractivity contribution in [3.63, 3.8) is 0 Å². The highest BCUT2D eigenvalue weighted by Gasteiger charge is 2.08. The van der Waals surface area contributed by atoms with Crippen LogP contribution in [0.2, 0.25) is 5.02 Å². The first-order chi connectivity index (χ1) is 9.26. The van der Waals surface area contributed by atoms with Crippen LogP contribution in [0.25, 0.3) is 5.69 Å². The second-order valence-electron chi connectivity index (χ2n) is 4.20. The second kappa shape index (κ2) is 6.37. The third-order valence-electron chi connectivity index (χ3n) is 2.77. The zero-order valence-corrected chi connectivity index (χ0v) is 11.5. The molecule has 5 heteroatoms. The Bertz CT molecular complexity index is 598.